The smallest absolute Gasteiger partial charge is 0.410 e. The Bertz CT molecular complexity index is 1760. The first kappa shape index (κ1) is 43.4. The van der Waals surface area contributed by atoms with E-state index in [1.165, 1.54) is 6.07 Å². The normalized spacial score (nSPS) is 22.5. The van der Waals surface area contributed by atoms with Crippen LogP contribution in [-0.2, 0) is 9.47 Å². The van der Waals surface area contributed by atoms with Gasteiger partial charge in [0.05, 0.1) is 12.2 Å². The van der Waals surface area contributed by atoms with E-state index in [0.717, 1.165) is 43.4 Å². The average Bonchev–Trinajstić information content (AvgIpc) is 3.63. The van der Waals surface area contributed by atoms with Gasteiger partial charge in [0.15, 0.2) is 0 Å². The number of anilines is 1. The molecule has 3 amide bonds. The second-order valence-electron chi connectivity index (χ2n) is 19.8. The molecule has 0 N–H and O–H groups in total. The van der Waals surface area contributed by atoms with Gasteiger partial charge in [0, 0.05) is 76.7 Å². The molecule has 12 heteroatoms. The Hall–Kier alpha value is -4.22. The van der Waals surface area contributed by atoms with E-state index in [1.807, 2.05) is 63.5 Å². The summed E-state index contributed by atoms with van der Waals surface area (Å²) < 4.78 is 39.2. The van der Waals surface area contributed by atoms with Crippen molar-refractivity contribution in [3.05, 3.63) is 53.3 Å². The van der Waals surface area contributed by atoms with Gasteiger partial charge in [-0.2, -0.15) is 0 Å². The number of piperidine rings is 1. The summed E-state index contributed by atoms with van der Waals surface area (Å²) >= 11 is 0. The highest BCUT2D eigenvalue weighted by molar-refractivity contribution is 5.94. The topological polar surface area (TPSA) is 101 Å². The number of likely N-dealkylation sites (tertiary alicyclic amines) is 2. The Morgan fingerprint density at radius 3 is 1.81 bits per heavy atom. The van der Waals surface area contributed by atoms with E-state index in [9.17, 15) is 14.4 Å². The fourth-order valence-corrected chi connectivity index (χ4v) is 8.69. The zero-order chi connectivity index (χ0) is 42.0. The van der Waals surface area contributed by atoms with Crippen molar-refractivity contribution < 1.29 is 37.7 Å². The molecule has 3 aliphatic heterocycles. The lowest BCUT2D eigenvalue weighted by Gasteiger charge is -2.37. The van der Waals surface area contributed by atoms with Gasteiger partial charge in [-0.25, -0.2) is 14.0 Å². The van der Waals surface area contributed by atoms with Crippen molar-refractivity contribution in [1.29, 1.82) is 0 Å². The fourth-order valence-electron chi connectivity index (χ4n) is 8.69. The van der Waals surface area contributed by atoms with Crippen molar-refractivity contribution in [1.82, 2.24) is 14.7 Å². The van der Waals surface area contributed by atoms with Crippen molar-refractivity contribution in [2.45, 2.75) is 137 Å². The SMILES string of the molecule is CC(C)(C)OC(=O)N1CCN(c2cc(OC3CCN(C(=O)c4ccc(O[C@H]5CCN(C(=O)OC(C)(C)C)C5)c(C5CCC(C(C)(C)C)CC5)c4)CC3)ccc2F)CC1. The molecule has 58 heavy (non-hydrogen) atoms. The summed E-state index contributed by atoms with van der Waals surface area (Å²) in [5.74, 6) is 2.01. The van der Waals surface area contributed by atoms with Gasteiger partial charge in [0.2, 0.25) is 0 Å². The van der Waals surface area contributed by atoms with Crippen LogP contribution in [0.25, 0.3) is 0 Å². The lowest BCUT2D eigenvalue weighted by atomic mass is 9.68. The van der Waals surface area contributed by atoms with Crippen molar-refractivity contribution in [2.24, 2.45) is 11.3 Å². The first-order valence-corrected chi connectivity index (χ1v) is 21.5. The van der Waals surface area contributed by atoms with Gasteiger partial charge in [0.1, 0.15) is 40.7 Å². The predicted octanol–water partition coefficient (Wildman–Crippen LogP) is 9.27. The molecule has 2 aromatic carbocycles. The first-order valence-electron chi connectivity index (χ1n) is 21.5. The van der Waals surface area contributed by atoms with E-state index in [0.29, 0.717) is 94.0 Å². The van der Waals surface area contributed by atoms with Crippen molar-refractivity contribution in [3.63, 3.8) is 0 Å². The summed E-state index contributed by atoms with van der Waals surface area (Å²) in [6.45, 7) is 22.1. The van der Waals surface area contributed by atoms with Gasteiger partial charge in [-0.3, -0.25) is 4.79 Å². The fraction of sp³-hybridized carbons (Fsp3) is 0.674. The van der Waals surface area contributed by atoms with Crippen LogP contribution in [0.5, 0.6) is 11.5 Å². The molecule has 0 unspecified atom stereocenters. The highest BCUT2D eigenvalue weighted by Gasteiger charge is 2.35. The van der Waals surface area contributed by atoms with Gasteiger partial charge >= 0.3 is 12.2 Å². The number of carbonyl (C=O) groups is 3. The summed E-state index contributed by atoms with van der Waals surface area (Å²) in [6.07, 6.45) is 5.47. The number of rotatable bonds is 7. The first-order chi connectivity index (χ1) is 27.2. The Morgan fingerprint density at radius 1 is 0.621 bits per heavy atom. The van der Waals surface area contributed by atoms with Crippen molar-refractivity contribution in [3.8, 4) is 11.5 Å². The van der Waals surface area contributed by atoms with Gasteiger partial charge in [-0.05, 0) is 120 Å². The van der Waals surface area contributed by atoms with Crippen LogP contribution in [0.3, 0.4) is 0 Å². The highest BCUT2D eigenvalue weighted by atomic mass is 19.1. The molecule has 2 aromatic rings. The standard InChI is InChI=1S/C46H67FN4O7/c1-44(2,3)33-13-10-31(11-14-33)37-28-32(12-17-40(37)56-36-20-23-51(30-36)43(54)58-46(7,8)9)41(52)49-21-18-34(19-22-49)55-35-15-16-38(47)39(29-35)48-24-26-50(27-25-48)42(53)57-45(4,5)6/h12,15-17,28-29,31,33-34,36H,10-11,13-14,18-27,30H2,1-9H3/t31?,33?,36-/m0/s1. The summed E-state index contributed by atoms with van der Waals surface area (Å²) in [5, 5.41) is 0. The highest BCUT2D eigenvalue weighted by Crippen LogP contribution is 2.46. The number of carbonyl (C=O) groups excluding carboxylic acids is 3. The maximum atomic E-state index is 15.1. The second-order valence-corrected chi connectivity index (χ2v) is 19.8. The number of amides is 3. The zero-order valence-electron chi connectivity index (χ0n) is 36.4. The molecular formula is C46H67FN4O7. The Balaban J connectivity index is 1.07. The molecule has 3 heterocycles. The van der Waals surface area contributed by atoms with Gasteiger partial charge < -0.3 is 38.5 Å². The van der Waals surface area contributed by atoms with Crippen molar-refractivity contribution >= 4 is 23.8 Å². The molecule has 6 rings (SSSR count). The third kappa shape index (κ3) is 11.3. The number of nitrogens with zero attached hydrogens (tertiary/aromatic N) is 4. The molecule has 4 fully saturated rings. The Kier molecular flexibility index (Phi) is 13.1. The van der Waals surface area contributed by atoms with E-state index in [-0.39, 0.29) is 41.5 Å². The minimum absolute atomic E-state index is 0.00110. The lowest BCUT2D eigenvalue weighted by Crippen LogP contribution is -2.50. The van der Waals surface area contributed by atoms with Gasteiger partial charge in [0.25, 0.3) is 5.91 Å². The van der Waals surface area contributed by atoms with E-state index in [4.69, 9.17) is 18.9 Å². The van der Waals surface area contributed by atoms with E-state index < -0.39 is 11.2 Å². The van der Waals surface area contributed by atoms with Crippen LogP contribution >= 0.6 is 0 Å². The third-order valence-electron chi connectivity index (χ3n) is 12.0. The van der Waals surface area contributed by atoms with E-state index >= 15 is 4.39 Å². The number of hydrogen-bond donors (Lipinski definition) is 0. The van der Waals surface area contributed by atoms with Gasteiger partial charge in [-0.1, -0.05) is 20.8 Å². The summed E-state index contributed by atoms with van der Waals surface area (Å²) in [7, 11) is 0. The molecule has 4 aliphatic rings. The number of halogens is 1. The van der Waals surface area contributed by atoms with Crippen LogP contribution in [0, 0.1) is 17.2 Å². The molecule has 1 atom stereocenters. The largest absolute Gasteiger partial charge is 0.490 e. The Morgan fingerprint density at radius 2 is 1.21 bits per heavy atom. The molecule has 1 aliphatic carbocycles. The minimum Gasteiger partial charge on any atom is -0.490 e. The molecule has 320 valence electrons. The molecular weight excluding hydrogens is 740 g/mol. The summed E-state index contributed by atoms with van der Waals surface area (Å²) in [5.41, 5.74) is 1.33. The molecule has 1 saturated carbocycles. The quantitative estimate of drug-likeness (QED) is 0.273. The maximum absolute atomic E-state index is 15.1. The van der Waals surface area contributed by atoms with Crippen LogP contribution in [-0.4, -0.2) is 109 Å². The van der Waals surface area contributed by atoms with Crippen LogP contribution in [0.1, 0.15) is 129 Å². The zero-order valence-corrected chi connectivity index (χ0v) is 36.4. The number of ether oxygens (including phenoxy) is 4. The third-order valence-corrected chi connectivity index (χ3v) is 12.0. The van der Waals surface area contributed by atoms with Crippen molar-refractivity contribution in [2.75, 3.05) is 57.3 Å². The monoisotopic (exact) mass is 806 g/mol. The molecule has 0 aromatic heterocycles. The molecule has 11 nitrogen and oxygen atoms in total. The maximum Gasteiger partial charge on any atom is 0.410 e. The van der Waals surface area contributed by atoms with Crippen LogP contribution in [0.15, 0.2) is 36.4 Å². The van der Waals surface area contributed by atoms with Gasteiger partial charge in [-0.15, -0.1) is 0 Å². The molecule has 3 saturated heterocycles. The summed E-state index contributed by atoms with van der Waals surface area (Å²) in [4.78, 5) is 46.6. The minimum atomic E-state index is -0.572. The van der Waals surface area contributed by atoms with Crippen LogP contribution < -0.4 is 14.4 Å². The van der Waals surface area contributed by atoms with E-state index in [2.05, 4.69) is 26.8 Å². The predicted molar refractivity (Wildman–Crippen MR) is 223 cm³/mol. The average molecular weight is 807 g/mol. The number of hydrogen-bond acceptors (Lipinski definition) is 8. The van der Waals surface area contributed by atoms with E-state index in [1.54, 1.807) is 21.9 Å². The summed E-state index contributed by atoms with van der Waals surface area (Å²) in [6, 6.07) is 10.8. The Labute approximate surface area is 345 Å². The van der Waals surface area contributed by atoms with Crippen LogP contribution in [0.4, 0.5) is 19.7 Å². The molecule has 0 bridgehead atoms. The van der Waals surface area contributed by atoms with Crippen LogP contribution in [0.2, 0.25) is 0 Å². The molecule has 0 spiro atoms. The second kappa shape index (κ2) is 17.6. The lowest BCUT2D eigenvalue weighted by molar-refractivity contribution is 0.0237. The molecule has 0 radical (unpaired) electrons. The number of piperazine rings is 1. The number of benzene rings is 2.